The molecule has 0 saturated carbocycles. The molecule has 2 N–H and O–H groups in total. The number of benzene rings is 2. The molecule has 0 aliphatic rings. The predicted molar refractivity (Wildman–Crippen MR) is 91.6 cm³/mol. The lowest BCUT2D eigenvalue weighted by Gasteiger charge is -2.13. The van der Waals surface area contributed by atoms with Gasteiger partial charge in [0, 0.05) is 12.1 Å². The van der Waals surface area contributed by atoms with Crippen LogP contribution >= 0.6 is 0 Å². The van der Waals surface area contributed by atoms with Crippen molar-refractivity contribution in [1.82, 2.24) is 10.6 Å². The molecule has 26 heavy (non-hydrogen) atoms. The van der Waals surface area contributed by atoms with E-state index in [4.69, 9.17) is 0 Å². The Balaban J connectivity index is 1.79. The van der Waals surface area contributed by atoms with Crippen LogP contribution in [0, 0.1) is 0 Å². The fourth-order valence-electron chi connectivity index (χ4n) is 2.30. The van der Waals surface area contributed by atoms with E-state index in [1.54, 1.807) is 0 Å². The number of halogens is 3. The van der Waals surface area contributed by atoms with Crippen LogP contribution in [0.25, 0.3) is 0 Å². The number of hydrogen-bond donors (Lipinski definition) is 2. The van der Waals surface area contributed by atoms with Crippen molar-refractivity contribution in [1.29, 1.82) is 0 Å². The van der Waals surface area contributed by atoms with Crippen molar-refractivity contribution in [2.45, 2.75) is 19.0 Å². The number of nitrogens with one attached hydrogen (secondary N) is 2. The van der Waals surface area contributed by atoms with E-state index < -0.39 is 17.6 Å². The van der Waals surface area contributed by atoms with E-state index in [0.717, 1.165) is 29.8 Å². The van der Waals surface area contributed by atoms with E-state index in [2.05, 4.69) is 10.6 Å². The third-order valence-corrected chi connectivity index (χ3v) is 3.86. The Kier molecular flexibility index (Phi) is 6.38. The second kappa shape index (κ2) is 8.51. The van der Waals surface area contributed by atoms with Gasteiger partial charge in [-0.2, -0.15) is 13.2 Å². The summed E-state index contributed by atoms with van der Waals surface area (Å²) in [5.41, 5.74) is 0.312. The fourth-order valence-corrected chi connectivity index (χ4v) is 2.30. The Hall–Kier alpha value is -2.83. The maximum atomic E-state index is 12.5. The van der Waals surface area contributed by atoms with Gasteiger partial charge in [-0.05, 0) is 35.7 Å². The molecule has 7 heteroatoms. The minimum atomic E-state index is -4.45. The van der Waals surface area contributed by atoms with E-state index in [9.17, 15) is 22.8 Å². The maximum absolute atomic E-state index is 12.5. The van der Waals surface area contributed by atoms with E-state index in [-0.39, 0.29) is 23.9 Å². The van der Waals surface area contributed by atoms with Gasteiger partial charge in [-0.1, -0.05) is 37.3 Å². The molecule has 4 nitrogen and oxygen atoms in total. The molecule has 2 aromatic carbocycles. The number of carbonyl (C=O) groups excluding carboxylic acids is 2. The Morgan fingerprint density at radius 1 is 0.962 bits per heavy atom. The van der Waals surface area contributed by atoms with Crippen LogP contribution in [0.15, 0.2) is 54.6 Å². The summed E-state index contributed by atoms with van der Waals surface area (Å²) in [6.07, 6.45) is -4.45. The van der Waals surface area contributed by atoms with Crippen molar-refractivity contribution in [2.24, 2.45) is 0 Å². The van der Waals surface area contributed by atoms with Crippen LogP contribution in [0.5, 0.6) is 0 Å². The third-order valence-electron chi connectivity index (χ3n) is 3.86. The molecule has 2 rings (SSSR count). The quantitative estimate of drug-likeness (QED) is 0.826. The molecule has 1 atom stereocenters. The van der Waals surface area contributed by atoms with Gasteiger partial charge in [0.15, 0.2) is 0 Å². The van der Waals surface area contributed by atoms with Gasteiger partial charge >= 0.3 is 6.18 Å². The van der Waals surface area contributed by atoms with Crippen molar-refractivity contribution in [2.75, 3.05) is 13.1 Å². The number of hydrogen-bond acceptors (Lipinski definition) is 2. The highest BCUT2D eigenvalue weighted by Gasteiger charge is 2.30. The van der Waals surface area contributed by atoms with Crippen LogP contribution in [0.3, 0.4) is 0 Å². The Morgan fingerprint density at radius 2 is 1.58 bits per heavy atom. The molecular formula is C19H19F3N2O2. The molecule has 0 aliphatic carbocycles. The van der Waals surface area contributed by atoms with Crippen LogP contribution < -0.4 is 10.6 Å². The zero-order valence-electron chi connectivity index (χ0n) is 14.1. The largest absolute Gasteiger partial charge is 0.416 e. The molecule has 0 heterocycles. The summed E-state index contributed by atoms with van der Waals surface area (Å²) < 4.78 is 37.5. The van der Waals surface area contributed by atoms with Crippen LogP contribution in [0.4, 0.5) is 13.2 Å². The van der Waals surface area contributed by atoms with Crippen LogP contribution in [0.2, 0.25) is 0 Å². The van der Waals surface area contributed by atoms with E-state index in [1.807, 2.05) is 37.3 Å². The Morgan fingerprint density at radius 3 is 2.15 bits per heavy atom. The lowest BCUT2D eigenvalue weighted by molar-refractivity contribution is -0.137. The van der Waals surface area contributed by atoms with Gasteiger partial charge in [0.1, 0.15) is 0 Å². The van der Waals surface area contributed by atoms with Gasteiger partial charge in [0.05, 0.1) is 12.1 Å². The van der Waals surface area contributed by atoms with Crippen molar-refractivity contribution < 1.29 is 22.8 Å². The third kappa shape index (κ3) is 5.61. The SMILES string of the molecule is CC(CNC(=O)CNC(=O)c1ccc(C(F)(F)F)cc1)c1ccccc1. The molecule has 1 unspecified atom stereocenters. The van der Waals surface area contributed by atoms with Gasteiger partial charge in [0.25, 0.3) is 5.91 Å². The highest BCUT2D eigenvalue weighted by molar-refractivity contribution is 5.96. The molecule has 2 aromatic rings. The zero-order chi connectivity index (χ0) is 19.2. The molecule has 0 spiro atoms. The molecule has 0 aliphatic heterocycles. The smallest absolute Gasteiger partial charge is 0.354 e. The number of carbonyl (C=O) groups is 2. The van der Waals surface area contributed by atoms with Crippen molar-refractivity contribution >= 4 is 11.8 Å². The topological polar surface area (TPSA) is 58.2 Å². The summed E-state index contributed by atoms with van der Waals surface area (Å²) in [4.78, 5) is 23.7. The number of rotatable bonds is 6. The van der Waals surface area contributed by atoms with Crippen LogP contribution in [0.1, 0.15) is 34.3 Å². The average Bonchev–Trinajstić information content (AvgIpc) is 2.64. The Labute approximate surface area is 149 Å². The number of alkyl halides is 3. The van der Waals surface area contributed by atoms with Gasteiger partial charge in [0.2, 0.25) is 5.91 Å². The van der Waals surface area contributed by atoms with Gasteiger partial charge in [-0.25, -0.2) is 0 Å². The summed E-state index contributed by atoms with van der Waals surface area (Å²) in [7, 11) is 0. The number of amides is 2. The molecule has 2 amide bonds. The fraction of sp³-hybridized carbons (Fsp3) is 0.263. The molecule has 0 radical (unpaired) electrons. The molecule has 0 saturated heterocycles. The lowest BCUT2D eigenvalue weighted by Crippen LogP contribution is -2.38. The van der Waals surface area contributed by atoms with E-state index in [0.29, 0.717) is 6.54 Å². The summed E-state index contributed by atoms with van der Waals surface area (Å²) in [6.45, 7) is 2.14. The molecular weight excluding hydrogens is 345 g/mol. The summed E-state index contributed by atoms with van der Waals surface area (Å²) in [5, 5.41) is 5.10. The van der Waals surface area contributed by atoms with Gasteiger partial charge in [-0.3, -0.25) is 9.59 Å². The lowest BCUT2D eigenvalue weighted by atomic mass is 10.0. The first-order valence-corrected chi connectivity index (χ1v) is 8.04. The summed E-state index contributed by atoms with van der Waals surface area (Å²) in [5.74, 6) is -0.858. The van der Waals surface area contributed by atoms with Crippen molar-refractivity contribution in [3.8, 4) is 0 Å². The predicted octanol–water partition coefficient (Wildman–Crippen LogP) is 3.36. The second-order valence-corrected chi connectivity index (χ2v) is 5.87. The first-order valence-electron chi connectivity index (χ1n) is 8.04. The minimum absolute atomic E-state index is 0.0588. The Bertz CT molecular complexity index is 744. The average molecular weight is 364 g/mol. The normalized spacial score (nSPS) is 12.3. The monoisotopic (exact) mass is 364 g/mol. The van der Waals surface area contributed by atoms with Crippen molar-refractivity contribution in [3.63, 3.8) is 0 Å². The molecule has 0 aromatic heterocycles. The minimum Gasteiger partial charge on any atom is -0.354 e. The molecule has 138 valence electrons. The standard InChI is InChI=1S/C19H19F3N2O2/c1-13(14-5-3-2-4-6-14)11-23-17(25)12-24-18(26)15-7-9-16(10-8-15)19(20,21)22/h2-10,13H,11-12H2,1H3,(H,23,25)(H,24,26). The first kappa shape index (κ1) is 19.5. The van der Waals surface area contributed by atoms with Crippen LogP contribution in [-0.2, 0) is 11.0 Å². The van der Waals surface area contributed by atoms with Crippen molar-refractivity contribution in [3.05, 3.63) is 71.3 Å². The highest BCUT2D eigenvalue weighted by Crippen LogP contribution is 2.29. The van der Waals surface area contributed by atoms with Gasteiger partial charge in [-0.15, -0.1) is 0 Å². The maximum Gasteiger partial charge on any atom is 0.416 e. The van der Waals surface area contributed by atoms with E-state index >= 15 is 0 Å². The van der Waals surface area contributed by atoms with Gasteiger partial charge < -0.3 is 10.6 Å². The highest BCUT2D eigenvalue weighted by atomic mass is 19.4. The van der Waals surface area contributed by atoms with E-state index in [1.165, 1.54) is 0 Å². The van der Waals surface area contributed by atoms with Crippen LogP contribution in [-0.4, -0.2) is 24.9 Å². The zero-order valence-corrected chi connectivity index (χ0v) is 14.1. The second-order valence-electron chi connectivity index (χ2n) is 5.87. The molecule has 0 bridgehead atoms. The molecule has 0 fully saturated rings. The summed E-state index contributed by atoms with van der Waals surface area (Å²) in [6, 6.07) is 13.5. The first-order chi connectivity index (χ1) is 12.3. The summed E-state index contributed by atoms with van der Waals surface area (Å²) >= 11 is 0.